The first-order valence-electron chi connectivity index (χ1n) is 6.09. The van der Waals surface area contributed by atoms with Crippen LogP contribution in [0.1, 0.15) is 27.7 Å². The molecule has 0 fully saturated rings. The fourth-order valence-corrected chi connectivity index (χ4v) is 1.89. The van der Waals surface area contributed by atoms with Crippen molar-refractivity contribution in [3.05, 3.63) is 35.1 Å². The second-order valence-electron chi connectivity index (χ2n) is 4.85. The number of rotatable bonds is 3. The second-order valence-corrected chi connectivity index (χ2v) is 4.85. The highest BCUT2D eigenvalue weighted by Crippen LogP contribution is 2.25. The van der Waals surface area contributed by atoms with Crippen LogP contribution >= 0.6 is 0 Å². The van der Waals surface area contributed by atoms with Crippen molar-refractivity contribution < 1.29 is 0 Å². The molecule has 0 atom stereocenters. The molecule has 0 N–H and O–H groups in total. The van der Waals surface area contributed by atoms with Crippen LogP contribution in [0.3, 0.4) is 0 Å². The molecule has 0 heterocycles. The highest BCUT2D eigenvalue weighted by molar-refractivity contribution is 6.12. The molecule has 0 spiro atoms. The summed E-state index contributed by atoms with van der Waals surface area (Å²) in [6.07, 6.45) is 6.41. The van der Waals surface area contributed by atoms with Crippen LogP contribution in [0.5, 0.6) is 0 Å². The van der Waals surface area contributed by atoms with E-state index in [0.29, 0.717) is 11.8 Å². The van der Waals surface area contributed by atoms with Gasteiger partial charge in [-0.1, -0.05) is 39.8 Å². The Bertz CT molecular complexity index is 418. The summed E-state index contributed by atoms with van der Waals surface area (Å²) in [6, 6.07) is 0. The number of hydrogen-bond acceptors (Lipinski definition) is 2. The quantitative estimate of drug-likeness (QED) is 0.658. The summed E-state index contributed by atoms with van der Waals surface area (Å²) < 4.78 is 0. The number of aliphatic imine (C=N–C) groups is 2. The summed E-state index contributed by atoms with van der Waals surface area (Å²) in [5.41, 5.74) is 4.43. The van der Waals surface area contributed by atoms with E-state index in [1.807, 2.05) is 7.05 Å². The van der Waals surface area contributed by atoms with Crippen molar-refractivity contribution in [1.29, 1.82) is 0 Å². The highest BCUT2D eigenvalue weighted by atomic mass is 14.7. The van der Waals surface area contributed by atoms with Crippen LogP contribution in [0.25, 0.3) is 0 Å². The first kappa shape index (κ1) is 13.6. The summed E-state index contributed by atoms with van der Waals surface area (Å²) in [6.45, 7) is 12.3. The largest absolute Gasteiger partial charge is 0.288 e. The van der Waals surface area contributed by atoms with Gasteiger partial charge in [-0.15, -0.1) is 0 Å². The van der Waals surface area contributed by atoms with Gasteiger partial charge in [0, 0.05) is 12.6 Å². The summed E-state index contributed by atoms with van der Waals surface area (Å²) in [4.78, 5) is 8.50. The molecule has 0 amide bonds. The van der Waals surface area contributed by atoms with Crippen molar-refractivity contribution in [1.82, 2.24) is 0 Å². The van der Waals surface area contributed by atoms with Crippen molar-refractivity contribution in [2.45, 2.75) is 27.7 Å². The van der Waals surface area contributed by atoms with E-state index in [4.69, 9.17) is 0 Å². The van der Waals surface area contributed by atoms with Gasteiger partial charge in [-0.25, -0.2) is 0 Å². The number of hydrogen-bond donors (Lipinski definition) is 0. The molecule has 0 saturated heterocycles. The van der Waals surface area contributed by atoms with E-state index in [2.05, 4.69) is 62.6 Å². The van der Waals surface area contributed by atoms with Gasteiger partial charge in [-0.3, -0.25) is 9.98 Å². The summed E-state index contributed by atoms with van der Waals surface area (Å²) in [7, 11) is 1.82. The molecule has 0 bridgehead atoms. The topological polar surface area (TPSA) is 24.7 Å². The molecule has 0 saturated carbocycles. The third kappa shape index (κ3) is 3.02. The van der Waals surface area contributed by atoms with E-state index in [-0.39, 0.29) is 0 Å². The van der Waals surface area contributed by atoms with Gasteiger partial charge >= 0.3 is 0 Å². The van der Waals surface area contributed by atoms with E-state index >= 15 is 0 Å². The molecule has 0 aliphatic heterocycles. The van der Waals surface area contributed by atoms with Gasteiger partial charge in [0.1, 0.15) is 0 Å². The Kier molecular flexibility index (Phi) is 4.62. The average molecular weight is 230 g/mol. The Balaban J connectivity index is 3.25. The molecular weight excluding hydrogens is 208 g/mol. The van der Waals surface area contributed by atoms with Gasteiger partial charge in [0.05, 0.1) is 11.4 Å². The summed E-state index contributed by atoms with van der Waals surface area (Å²) in [5, 5.41) is 0. The molecule has 92 valence electrons. The van der Waals surface area contributed by atoms with Crippen molar-refractivity contribution in [3.63, 3.8) is 0 Å². The molecule has 1 aliphatic carbocycles. The van der Waals surface area contributed by atoms with E-state index in [9.17, 15) is 0 Å². The molecule has 0 radical (unpaired) electrons. The third-order valence-electron chi connectivity index (χ3n) is 2.92. The number of allylic oxidation sites excluding steroid dienone is 6. The maximum Gasteiger partial charge on any atom is 0.0664 e. The Morgan fingerprint density at radius 2 is 1.82 bits per heavy atom. The minimum atomic E-state index is 0.359. The molecule has 0 unspecified atom stereocenters. The maximum atomic E-state index is 4.36. The first-order valence-corrected chi connectivity index (χ1v) is 6.09. The van der Waals surface area contributed by atoms with Crippen LogP contribution in [0, 0.1) is 11.8 Å². The fourth-order valence-electron chi connectivity index (χ4n) is 1.89. The van der Waals surface area contributed by atoms with Crippen LogP contribution in [-0.4, -0.2) is 19.5 Å². The zero-order chi connectivity index (χ0) is 13.0. The van der Waals surface area contributed by atoms with Crippen LogP contribution in [0.15, 0.2) is 45.1 Å². The third-order valence-corrected chi connectivity index (χ3v) is 2.92. The van der Waals surface area contributed by atoms with Gasteiger partial charge in [-0.2, -0.15) is 0 Å². The molecule has 1 aliphatic rings. The van der Waals surface area contributed by atoms with E-state index < -0.39 is 0 Å². The molecule has 2 nitrogen and oxygen atoms in total. The van der Waals surface area contributed by atoms with Crippen LogP contribution in [-0.2, 0) is 0 Å². The van der Waals surface area contributed by atoms with Crippen molar-refractivity contribution in [2.75, 3.05) is 7.05 Å². The second kappa shape index (κ2) is 5.76. The van der Waals surface area contributed by atoms with Crippen LogP contribution in [0.2, 0.25) is 0 Å². The molecule has 17 heavy (non-hydrogen) atoms. The normalized spacial score (nSPS) is 21.1. The van der Waals surface area contributed by atoms with Crippen LogP contribution in [0.4, 0.5) is 0 Å². The van der Waals surface area contributed by atoms with Crippen molar-refractivity contribution in [2.24, 2.45) is 21.8 Å². The summed E-state index contributed by atoms with van der Waals surface area (Å²) in [5.74, 6) is 0.877. The lowest BCUT2D eigenvalue weighted by molar-refractivity contribution is 0.755. The van der Waals surface area contributed by atoms with E-state index in [0.717, 1.165) is 17.0 Å². The molecule has 0 aromatic carbocycles. The Hall–Kier alpha value is -1.44. The van der Waals surface area contributed by atoms with E-state index in [1.165, 1.54) is 5.57 Å². The Labute approximate surface area is 105 Å². The molecular formula is C15H22N2. The molecule has 0 aromatic rings. The highest BCUT2D eigenvalue weighted by Gasteiger charge is 2.15. The first-order chi connectivity index (χ1) is 8.01. The Morgan fingerprint density at radius 1 is 1.18 bits per heavy atom. The zero-order valence-electron chi connectivity index (χ0n) is 11.5. The van der Waals surface area contributed by atoms with Crippen molar-refractivity contribution >= 4 is 12.4 Å². The van der Waals surface area contributed by atoms with Crippen LogP contribution < -0.4 is 0 Å². The SMILES string of the molecule is C=N/C(=C1/C=CC(C(C)C)=CC1=NC)C(C)C. The standard InChI is InChI=1S/C15H22N2/c1-10(2)12-7-8-13(14(9-12)16-5)15(17-6)11(3)4/h7-11H,6H2,1-5H3/b15-13-,16-14?. The fraction of sp³-hybridized carbons (Fsp3) is 0.467. The van der Waals surface area contributed by atoms with Gasteiger partial charge in [0.2, 0.25) is 0 Å². The van der Waals surface area contributed by atoms with E-state index in [1.54, 1.807) is 0 Å². The lowest BCUT2D eigenvalue weighted by atomic mass is 9.90. The van der Waals surface area contributed by atoms with Gasteiger partial charge in [0.15, 0.2) is 0 Å². The lowest BCUT2D eigenvalue weighted by Gasteiger charge is -2.17. The smallest absolute Gasteiger partial charge is 0.0664 e. The van der Waals surface area contributed by atoms with Gasteiger partial charge in [-0.05, 0) is 30.2 Å². The average Bonchev–Trinajstić information content (AvgIpc) is 2.29. The maximum absolute atomic E-state index is 4.36. The Morgan fingerprint density at radius 3 is 2.24 bits per heavy atom. The minimum Gasteiger partial charge on any atom is -0.288 e. The molecule has 0 aromatic heterocycles. The molecule has 1 rings (SSSR count). The van der Waals surface area contributed by atoms with Crippen molar-refractivity contribution in [3.8, 4) is 0 Å². The molecule has 2 heteroatoms. The number of nitrogens with zero attached hydrogens (tertiary/aromatic N) is 2. The predicted molar refractivity (Wildman–Crippen MR) is 76.8 cm³/mol. The zero-order valence-corrected chi connectivity index (χ0v) is 11.5. The summed E-state index contributed by atoms with van der Waals surface area (Å²) >= 11 is 0. The lowest BCUT2D eigenvalue weighted by Crippen LogP contribution is -2.10. The minimum absolute atomic E-state index is 0.359. The monoisotopic (exact) mass is 230 g/mol. The van der Waals surface area contributed by atoms with Gasteiger partial charge in [0.25, 0.3) is 0 Å². The predicted octanol–water partition coefficient (Wildman–Crippen LogP) is 3.82. The van der Waals surface area contributed by atoms with Gasteiger partial charge < -0.3 is 0 Å².